The summed E-state index contributed by atoms with van der Waals surface area (Å²) < 4.78 is 24.3. The van der Waals surface area contributed by atoms with Crippen molar-refractivity contribution in [2.75, 3.05) is 6.26 Å². The minimum atomic E-state index is -3.47. The van der Waals surface area contributed by atoms with E-state index in [1.165, 1.54) is 29.9 Å². The fourth-order valence-corrected chi connectivity index (χ4v) is 2.20. The van der Waals surface area contributed by atoms with Crippen LogP contribution in [0.1, 0.15) is 17.4 Å². The fraction of sp³-hybridized carbons (Fsp3) is 0.222. The lowest BCUT2D eigenvalue weighted by Crippen LogP contribution is -2.03. The van der Waals surface area contributed by atoms with Crippen LogP contribution in [0.25, 0.3) is 5.52 Å². The van der Waals surface area contributed by atoms with E-state index in [0.717, 1.165) is 6.26 Å². The van der Waals surface area contributed by atoms with E-state index in [-0.39, 0.29) is 16.6 Å². The molecule has 2 rings (SSSR count). The van der Waals surface area contributed by atoms with Crippen molar-refractivity contribution < 1.29 is 13.2 Å². The number of hydrogen-bond acceptors (Lipinski definition) is 5. The SMILES string of the molecule is CC(=O)c1nc(S(C)(=O)=O)n2ccncc12. The number of imidazole rings is 1. The van der Waals surface area contributed by atoms with Crippen molar-refractivity contribution in [3.05, 3.63) is 24.3 Å². The van der Waals surface area contributed by atoms with Crippen molar-refractivity contribution in [2.24, 2.45) is 0 Å². The molecule has 0 aliphatic heterocycles. The Kier molecular flexibility index (Phi) is 2.27. The summed E-state index contributed by atoms with van der Waals surface area (Å²) in [6.07, 6.45) is 5.36. The molecule has 2 aromatic rings. The molecule has 2 aromatic heterocycles. The number of aromatic nitrogens is 3. The standard InChI is InChI=1S/C9H9N3O3S/c1-6(13)8-7-5-10-3-4-12(7)9(11-8)16(2,14)15/h3-5H,1-2H3. The average Bonchev–Trinajstić information content (AvgIpc) is 2.56. The van der Waals surface area contributed by atoms with Gasteiger partial charge in [0.1, 0.15) is 5.69 Å². The number of rotatable bonds is 2. The normalized spacial score (nSPS) is 11.9. The molecule has 16 heavy (non-hydrogen) atoms. The number of ketones is 1. The molecule has 0 saturated heterocycles. The van der Waals surface area contributed by atoms with Gasteiger partial charge in [-0.05, 0) is 0 Å². The maximum absolute atomic E-state index is 11.5. The molecule has 0 fully saturated rings. The van der Waals surface area contributed by atoms with Crippen molar-refractivity contribution in [3.8, 4) is 0 Å². The minimum Gasteiger partial charge on any atom is -0.293 e. The van der Waals surface area contributed by atoms with Crippen LogP contribution >= 0.6 is 0 Å². The summed E-state index contributed by atoms with van der Waals surface area (Å²) in [5.74, 6) is -0.291. The topological polar surface area (TPSA) is 81.4 Å². The highest BCUT2D eigenvalue weighted by molar-refractivity contribution is 7.90. The molecule has 0 radical (unpaired) electrons. The summed E-state index contributed by atoms with van der Waals surface area (Å²) in [6.45, 7) is 1.33. The number of sulfone groups is 1. The zero-order chi connectivity index (χ0) is 11.9. The molecule has 0 unspecified atom stereocenters. The van der Waals surface area contributed by atoms with Gasteiger partial charge in [-0.3, -0.25) is 14.2 Å². The Bertz CT molecular complexity index is 672. The molecule has 0 bridgehead atoms. The van der Waals surface area contributed by atoms with Gasteiger partial charge in [0, 0.05) is 25.6 Å². The molecule has 0 aliphatic rings. The number of hydrogen-bond donors (Lipinski definition) is 0. The Balaban J connectivity index is 2.93. The summed E-state index contributed by atoms with van der Waals surface area (Å²) in [6, 6.07) is 0. The van der Waals surface area contributed by atoms with E-state index in [0.29, 0.717) is 5.52 Å². The van der Waals surface area contributed by atoms with Crippen LogP contribution in [0.5, 0.6) is 0 Å². The minimum absolute atomic E-state index is 0.119. The molecular formula is C9H9N3O3S. The summed E-state index contributed by atoms with van der Waals surface area (Å²) in [5.41, 5.74) is 0.518. The number of carbonyl (C=O) groups is 1. The van der Waals surface area contributed by atoms with Crippen LogP contribution in [0.4, 0.5) is 0 Å². The Morgan fingerprint density at radius 1 is 1.44 bits per heavy atom. The van der Waals surface area contributed by atoms with Gasteiger partial charge in [0.05, 0.1) is 11.7 Å². The van der Waals surface area contributed by atoms with E-state index in [1.807, 2.05) is 0 Å². The number of Topliss-reactive ketones (excluding diaryl/α,β-unsaturated/α-hetero) is 1. The maximum Gasteiger partial charge on any atom is 0.232 e. The van der Waals surface area contributed by atoms with E-state index >= 15 is 0 Å². The van der Waals surface area contributed by atoms with E-state index in [4.69, 9.17) is 0 Å². The van der Waals surface area contributed by atoms with Gasteiger partial charge in [-0.25, -0.2) is 13.4 Å². The van der Waals surface area contributed by atoms with Gasteiger partial charge in [0.25, 0.3) is 0 Å². The van der Waals surface area contributed by atoms with E-state index in [9.17, 15) is 13.2 Å². The second kappa shape index (κ2) is 3.38. The lowest BCUT2D eigenvalue weighted by Gasteiger charge is -1.96. The Morgan fingerprint density at radius 2 is 2.12 bits per heavy atom. The van der Waals surface area contributed by atoms with E-state index in [1.54, 1.807) is 0 Å². The van der Waals surface area contributed by atoms with Crippen LogP contribution in [-0.4, -0.2) is 34.8 Å². The average molecular weight is 239 g/mol. The van der Waals surface area contributed by atoms with Crippen molar-refractivity contribution in [2.45, 2.75) is 12.1 Å². The van der Waals surface area contributed by atoms with Crippen LogP contribution in [0, 0.1) is 0 Å². The maximum atomic E-state index is 11.5. The number of fused-ring (bicyclic) bond motifs is 1. The Morgan fingerprint density at radius 3 is 2.69 bits per heavy atom. The molecule has 2 heterocycles. The molecule has 0 aromatic carbocycles. The molecule has 6 nitrogen and oxygen atoms in total. The molecule has 7 heteroatoms. The first-order chi connectivity index (χ1) is 7.41. The number of carbonyl (C=O) groups excluding carboxylic acids is 1. The Labute approximate surface area is 91.9 Å². The van der Waals surface area contributed by atoms with Gasteiger partial charge in [0.2, 0.25) is 15.0 Å². The third-order valence-electron chi connectivity index (χ3n) is 2.08. The summed E-state index contributed by atoms with van der Waals surface area (Å²) in [7, 11) is -3.47. The van der Waals surface area contributed by atoms with Gasteiger partial charge >= 0.3 is 0 Å². The zero-order valence-electron chi connectivity index (χ0n) is 8.71. The molecule has 0 amide bonds. The second-order valence-electron chi connectivity index (χ2n) is 3.40. The van der Waals surface area contributed by atoms with Gasteiger partial charge < -0.3 is 0 Å². The second-order valence-corrected chi connectivity index (χ2v) is 5.31. The first-order valence-electron chi connectivity index (χ1n) is 4.44. The fourth-order valence-electron chi connectivity index (χ4n) is 1.43. The van der Waals surface area contributed by atoms with Gasteiger partial charge in [-0.15, -0.1) is 0 Å². The van der Waals surface area contributed by atoms with E-state index in [2.05, 4.69) is 9.97 Å². The Hall–Kier alpha value is -1.76. The molecule has 0 atom stereocenters. The quantitative estimate of drug-likeness (QED) is 0.705. The van der Waals surface area contributed by atoms with Gasteiger partial charge in [0.15, 0.2) is 5.78 Å². The number of nitrogens with zero attached hydrogens (tertiary/aromatic N) is 3. The van der Waals surface area contributed by atoms with Crippen LogP contribution in [0.15, 0.2) is 23.7 Å². The summed E-state index contributed by atoms with van der Waals surface area (Å²) in [4.78, 5) is 19.0. The largest absolute Gasteiger partial charge is 0.293 e. The summed E-state index contributed by atoms with van der Waals surface area (Å²) >= 11 is 0. The molecule has 0 saturated carbocycles. The van der Waals surface area contributed by atoms with Gasteiger partial charge in [-0.1, -0.05) is 0 Å². The third-order valence-corrected chi connectivity index (χ3v) is 3.03. The molecule has 0 aliphatic carbocycles. The molecule has 84 valence electrons. The van der Waals surface area contributed by atoms with Crippen molar-refractivity contribution in [1.29, 1.82) is 0 Å². The van der Waals surface area contributed by atoms with Crippen LogP contribution in [0.3, 0.4) is 0 Å². The highest BCUT2D eigenvalue weighted by Crippen LogP contribution is 2.16. The lowest BCUT2D eigenvalue weighted by molar-refractivity contribution is 0.101. The van der Waals surface area contributed by atoms with Gasteiger partial charge in [-0.2, -0.15) is 0 Å². The molecule has 0 spiro atoms. The smallest absolute Gasteiger partial charge is 0.232 e. The van der Waals surface area contributed by atoms with Crippen molar-refractivity contribution >= 4 is 21.1 Å². The first kappa shape index (κ1) is 10.7. The third kappa shape index (κ3) is 1.58. The highest BCUT2D eigenvalue weighted by atomic mass is 32.2. The molecular weight excluding hydrogens is 230 g/mol. The first-order valence-corrected chi connectivity index (χ1v) is 6.33. The predicted octanol–water partition coefficient (Wildman–Crippen LogP) is 0.335. The van der Waals surface area contributed by atoms with Crippen LogP contribution in [-0.2, 0) is 9.84 Å². The summed E-state index contributed by atoms with van der Waals surface area (Å²) in [5, 5.41) is -0.143. The van der Waals surface area contributed by atoms with Crippen molar-refractivity contribution in [3.63, 3.8) is 0 Å². The monoisotopic (exact) mass is 239 g/mol. The van der Waals surface area contributed by atoms with Crippen LogP contribution in [0.2, 0.25) is 0 Å². The molecule has 0 N–H and O–H groups in total. The van der Waals surface area contributed by atoms with Crippen molar-refractivity contribution in [1.82, 2.24) is 14.4 Å². The zero-order valence-corrected chi connectivity index (χ0v) is 9.52. The lowest BCUT2D eigenvalue weighted by atomic mass is 10.3. The van der Waals surface area contributed by atoms with E-state index < -0.39 is 9.84 Å². The highest BCUT2D eigenvalue weighted by Gasteiger charge is 2.20. The predicted molar refractivity (Wildman–Crippen MR) is 56.1 cm³/mol. The van der Waals surface area contributed by atoms with Crippen LogP contribution < -0.4 is 0 Å².